The fourth-order valence-electron chi connectivity index (χ4n) is 3.36. The minimum absolute atomic E-state index is 0.0951. The fourth-order valence-corrected chi connectivity index (χ4v) is 5.85. The molecule has 1 aliphatic heterocycles. The molecule has 0 N–H and O–H groups in total. The van der Waals surface area contributed by atoms with Gasteiger partial charge in [-0.1, -0.05) is 24.3 Å². The van der Waals surface area contributed by atoms with Crippen LogP contribution < -0.4 is 5.56 Å². The van der Waals surface area contributed by atoms with E-state index in [-0.39, 0.29) is 29.8 Å². The van der Waals surface area contributed by atoms with E-state index in [2.05, 4.69) is 10.00 Å². The zero-order chi connectivity index (χ0) is 18.1. The molecule has 0 aliphatic carbocycles. The normalized spacial score (nSPS) is 19.3. The number of hydrogen-bond acceptors (Lipinski definition) is 6. The first-order chi connectivity index (χ1) is 12.5. The van der Waals surface area contributed by atoms with Gasteiger partial charge in [0.05, 0.1) is 29.8 Å². The van der Waals surface area contributed by atoms with Gasteiger partial charge in [-0.05, 0) is 23.9 Å². The fraction of sp³-hybridized carbons (Fsp3) is 0.333. The van der Waals surface area contributed by atoms with E-state index in [4.69, 9.17) is 0 Å². The molecule has 1 aliphatic rings. The summed E-state index contributed by atoms with van der Waals surface area (Å²) in [5.41, 5.74) is -0.153. The molecule has 1 atom stereocenters. The molecule has 26 heavy (non-hydrogen) atoms. The lowest BCUT2D eigenvalue weighted by atomic mass is 10.2. The molecule has 1 saturated heterocycles. The smallest absolute Gasteiger partial charge is 0.275 e. The van der Waals surface area contributed by atoms with Gasteiger partial charge in [0.1, 0.15) is 0 Å². The quantitative estimate of drug-likeness (QED) is 0.668. The van der Waals surface area contributed by atoms with Crippen LogP contribution in [-0.4, -0.2) is 40.6 Å². The molecular formula is C18H19N3O3S2. The van der Waals surface area contributed by atoms with Crippen molar-refractivity contribution in [3.8, 4) is 0 Å². The number of benzene rings is 1. The summed E-state index contributed by atoms with van der Waals surface area (Å²) >= 11 is 1.63. The summed E-state index contributed by atoms with van der Waals surface area (Å²) in [5, 5.41) is 7.73. The van der Waals surface area contributed by atoms with E-state index in [9.17, 15) is 13.2 Å². The molecule has 1 fully saturated rings. The molecular weight excluding hydrogens is 370 g/mol. The Morgan fingerprint density at radius 2 is 2.08 bits per heavy atom. The first-order valence-electron chi connectivity index (χ1n) is 8.43. The summed E-state index contributed by atoms with van der Waals surface area (Å²) in [5.74, 6) is 0.347. The third-order valence-corrected chi connectivity index (χ3v) is 7.35. The Labute approximate surface area is 155 Å². The van der Waals surface area contributed by atoms with E-state index in [1.54, 1.807) is 23.6 Å². The number of aromatic nitrogens is 2. The van der Waals surface area contributed by atoms with Crippen LogP contribution >= 0.6 is 11.3 Å². The highest BCUT2D eigenvalue weighted by Crippen LogP contribution is 2.22. The average Bonchev–Trinajstić information content (AvgIpc) is 3.26. The second-order valence-corrected chi connectivity index (χ2v) is 9.82. The Bertz CT molecular complexity index is 1070. The third kappa shape index (κ3) is 3.58. The first kappa shape index (κ1) is 17.4. The van der Waals surface area contributed by atoms with Gasteiger partial charge < -0.3 is 0 Å². The zero-order valence-electron chi connectivity index (χ0n) is 14.1. The molecule has 0 bridgehead atoms. The van der Waals surface area contributed by atoms with Crippen LogP contribution in [0, 0.1) is 0 Å². The van der Waals surface area contributed by atoms with Gasteiger partial charge in [0.25, 0.3) is 5.56 Å². The molecule has 0 amide bonds. The molecule has 6 nitrogen and oxygen atoms in total. The Balaban J connectivity index is 1.66. The minimum Gasteiger partial charge on any atom is -0.275 e. The van der Waals surface area contributed by atoms with Crippen LogP contribution in [0.2, 0.25) is 0 Å². The topological polar surface area (TPSA) is 72.3 Å². The minimum atomic E-state index is -3.00. The predicted octanol–water partition coefficient (Wildman–Crippen LogP) is 2.10. The highest BCUT2D eigenvalue weighted by molar-refractivity contribution is 7.91. The first-order valence-corrected chi connectivity index (χ1v) is 11.1. The SMILES string of the molecule is O=c1c2ccccc2cnn1CN(Cc1cccs1)[C@H]1CCS(=O)(=O)C1. The molecule has 4 rings (SSSR count). The number of fused-ring (bicyclic) bond motifs is 1. The molecule has 0 unspecified atom stereocenters. The zero-order valence-corrected chi connectivity index (χ0v) is 15.7. The van der Waals surface area contributed by atoms with Gasteiger partial charge in [-0.25, -0.2) is 13.1 Å². The van der Waals surface area contributed by atoms with Crippen LogP contribution in [0.15, 0.2) is 52.8 Å². The number of sulfone groups is 1. The summed E-state index contributed by atoms with van der Waals surface area (Å²) < 4.78 is 25.3. The van der Waals surface area contributed by atoms with Crippen LogP contribution in [0.5, 0.6) is 0 Å². The lowest BCUT2D eigenvalue weighted by Gasteiger charge is -2.27. The maximum Gasteiger partial charge on any atom is 0.275 e. The highest BCUT2D eigenvalue weighted by Gasteiger charge is 2.32. The molecule has 0 radical (unpaired) electrons. The number of thiophene rings is 1. The Hall–Kier alpha value is -2.03. The second-order valence-electron chi connectivity index (χ2n) is 6.56. The van der Waals surface area contributed by atoms with Crippen LogP contribution in [0.4, 0.5) is 0 Å². The maximum atomic E-state index is 12.8. The van der Waals surface area contributed by atoms with Crippen LogP contribution in [0.25, 0.3) is 10.8 Å². The van der Waals surface area contributed by atoms with Crippen molar-refractivity contribution in [2.75, 3.05) is 11.5 Å². The lowest BCUT2D eigenvalue weighted by Crippen LogP contribution is -2.40. The molecule has 3 heterocycles. The van der Waals surface area contributed by atoms with Gasteiger partial charge in [0.2, 0.25) is 0 Å². The van der Waals surface area contributed by atoms with Crippen molar-refractivity contribution in [3.63, 3.8) is 0 Å². The number of nitrogens with zero attached hydrogens (tertiary/aromatic N) is 3. The molecule has 8 heteroatoms. The van der Waals surface area contributed by atoms with Crippen molar-refractivity contribution < 1.29 is 8.42 Å². The van der Waals surface area contributed by atoms with Crippen molar-refractivity contribution in [2.24, 2.45) is 0 Å². The van der Waals surface area contributed by atoms with Crippen molar-refractivity contribution in [3.05, 3.63) is 63.2 Å². The van der Waals surface area contributed by atoms with Crippen molar-refractivity contribution in [2.45, 2.75) is 25.7 Å². The molecule has 2 aromatic heterocycles. The van der Waals surface area contributed by atoms with Gasteiger partial charge in [-0.3, -0.25) is 9.69 Å². The van der Waals surface area contributed by atoms with Crippen LogP contribution in [-0.2, 0) is 23.1 Å². The Morgan fingerprint density at radius 3 is 2.81 bits per heavy atom. The van der Waals surface area contributed by atoms with Crippen LogP contribution in [0.3, 0.4) is 0 Å². The van der Waals surface area contributed by atoms with Gasteiger partial charge in [-0.2, -0.15) is 5.10 Å². The van der Waals surface area contributed by atoms with Crippen molar-refractivity contribution >= 4 is 31.9 Å². The molecule has 136 valence electrons. The number of hydrogen-bond donors (Lipinski definition) is 0. The number of rotatable bonds is 5. The third-order valence-electron chi connectivity index (χ3n) is 4.74. The average molecular weight is 390 g/mol. The maximum absolute atomic E-state index is 12.8. The molecule has 3 aromatic rings. The van der Waals surface area contributed by atoms with E-state index < -0.39 is 9.84 Å². The van der Waals surface area contributed by atoms with Gasteiger partial charge in [0, 0.05) is 22.8 Å². The molecule has 0 spiro atoms. The van der Waals surface area contributed by atoms with Gasteiger partial charge in [-0.15, -0.1) is 11.3 Å². The van der Waals surface area contributed by atoms with E-state index in [1.807, 2.05) is 35.7 Å². The summed E-state index contributed by atoms with van der Waals surface area (Å²) in [4.78, 5) is 16.0. The van der Waals surface area contributed by atoms with E-state index in [0.29, 0.717) is 18.4 Å². The summed E-state index contributed by atoms with van der Waals surface area (Å²) in [6.07, 6.45) is 2.28. The van der Waals surface area contributed by atoms with Gasteiger partial charge in [0.15, 0.2) is 9.84 Å². The van der Waals surface area contributed by atoms with E-state index in [1.165, 1.54) is 4.68 Å². The monoisotopic (exact) mass is 389 g/mol. The van der Waals surface area contributed by atoms with Gasteiger partial charge >= 0.3 is 0 Å². The van der Waals surface area contributed by atoms with Crippen molar-refractivity contribution in [1.82, 2.24) is 14.7 Å². The Kier molecular flexibility index (Phi) is 4.64. The largest absolute Gasteiger partial charge is 0.275 e. The van der Waals surface area contributed by atoms with E-state index >= 15 is 0 Å². The second kappa shape index (κ2) is 6.94. The van der Waals surface area contributed by atoms with Crippen LogP contribution in [0.1, 0.15) is 11.3 Å². The molecule has 0 saturated carbocycles. The summed E-state index contributed by atoms with van der Waals surface area (Å²) in [6.45, 7) is 0.889. The van der Waals surface area contributed by atoms with Crippen molar-refractivity contribution in [1.29, 1.82) is 0 Å². The predicted molar refractivity (Wildman–Crippen MR) is 103 cm³/mol. The standard InChI is InChI=1S/C18H19N3O3S2/c22-18-17-6-2-1-4-14(17)10-19-21(18)13-20(11-16-5-3-8-25-16)15-7-9-26(23,24)12-15/h1-6,8,10,15H,7,9,11-13H2/t15-/m0/s1. The summed E-state index contributed by atoms with van der Waals surface area (Å²) in [6, 6.07) is 11.3. The molecule has 1 aromatic carbocycles. The Morgan fingerprint density at radius 1 is 1.23 bits per heavy atom. The highest BCUT2D eigenvalue weighted by atomic mass is 32.2. The van der Waals surface area contributed by atoms with E-state index in [0.717, 1.165) is 10.3 Å². The summed E-state index contributed by atoms with van der Waals surface area (Å²) in [7, 11) is -3.00. The lowest BCUT2D eigenvalue weighted by molar-refractivity contribution is 0.146.